The number of hydrogen-bond acceptors (Lipinski definition) is 5. The van der Waals surface area contributed by atoms with Crippen molar-refractivity contribution >= 4 is 23.4 Å². The Hall–Kier alpha value is -2.66. The third-order valence-electron chi connectivity index (χ3n) is 6.29. The maximum absolute atomic E-state index is 12.6. The molecule has 0 bridgehead atoms. The topological polar surface area (TPSA) is 55.3 Å². The fourth-order valence-corrected chi connectivity index (χ4v) is 4.77. The van der Waals surface area contributed by atoms with Gasteiger partial charge >= 0.3 is 5.97 Å². The number of nitrogens with zero attached hydrogens (tertiary/aromatic N) is 3. The molecule has 2 heterocycles. The van der Waals surface area contributed by atoms with Gasteiger partial charge in [0.25, 0.3) is 0 Å². The Morgan fingerprint density at radius 3 is 2.59 bits per heavy atom. The number of fused-ring (bicyclic) bond motifs is 1. The summed E-state index contributed by atoms with van der Waals surface area (Å²) in [5.74, 6) is 0.709. The molecular formula is C28H34ClN3O2. The van der Waals surface area contributed by atoms with E-state index in [-0.39, 0.29) is 5.97 Å². The lowest BCUT2D eigenvalue weighted by atomic mass is 10.0. The lowest BCUT2D eigenvalue weighted by Crippen LogP contribution is -2.28. The molecule has 0 fully saturated rings. The summed E-state index contributed by atoms with van der Waals surface area (Å²) < 4.78 is 5.59. The van der Waals surface area contributed by atoms with Gasteiger partial charge in [-0.25, -0.2) is 14.8 Å². The van der Waals surface area contributed by atoms with Gasteiger partial charge in [-0.15, -0.1) is 0 Å². The second-order valence-electron chi connectivity index (χ2n) is 10.1. The van der Waals surface area contributed by atoms with Crippen LogP contribution in [0.15, 0.2) is 53.6 Å². The van der Waals surface area contributed by atoms with E-state index in [1.54, 1.807) is 0 Å². The van der Waals surface area contributed by atoms with Crippen molar-refractivity contribution in [3.05, 3.63) is 75.7 Å². The molecule has 5 nitrogen and oxygen atoms in total. The maximum Gasteiger partial charge on any atom is 0.334 e. The molecule has 0 spiro atoms. The van der Waals surface area contributed by atoms with E-state index < -0.39 is 5.60 Å². The van der Waals surface area contributed by atoms with E-state index in [1.807, 2.05) is 26.8 Å². The second kappa shape index (κ2) is 10.7. The molecule has 4 rings (SSSR count). The number of aromatic nitrogens is 2. The summed E-state index contributed by atoms with van der Waals surface area (Å²) in [6.07, 6.45) is 10.5. The molecule has 0 saturated carbocycles. The standard InChI is InChI=1S/C28H34ClN3O2/c1-28(2,3)34-26(33)22-10-7-18-32(19-17-22)25-23-15-13-21(12-11-20-8-5-4-6-9-20)14-16-24(23)30-27(29)31-25/h4-6,8-10,12H,7,11,13-19H2,1-3H3/b21-12+. The molecular weight excluding hydrogens is 446 g/mol. The largest absolute Gasteiger partial charge is 0.457 e. The van der Waals surface area contributed by atoms with E-state index in [0.29, 0.717) is 18.2 Å². The highest BCUT2D eigenvalue weighted by Gasteiger charge is 2.25. The average molecular weight is 480 g/mol. The molecule has 0 unspecified atom stereocenters. The molecule has 2 aliphatic rings. The molecule has 2 aromatic rings. The first-order valence-electron chi connectivity index (χ1n) is 12.2. The summed E-state index contributed by atoms with van der Waals surface area (Å²) in [5, 5.41) is 0.301. The van der Waals surface area contributed by atoms with Gasteiger partial charge in [0.1, 0.15) is 11.4 Å². The van der Waals surface area contributed by atoms with E-state index in [2.05, 4.69) is 51.3 Å². The number of halogens is 1. The van der Waals surface area contributed by atoms with Gasteiger partial charge in [-0.05, 0) is 82.9 Å². The first-order chi connectivity index (χ1) is 16.3. The van der Waals surface area contributed by atoms with Crippen molar-refractivity contribution in [1.29, 1.82) is 0 Å². The van der Waals surface area contributed by atoms with Crippen molar-refractivity contribution in [2.24, 2.45) is 0 Å². The monoisotopic (exact) mass is 479 g/mol. The minimum absolute atomic E-state index is 0.220. The summed E-state index contributed by atoms with van der Waals surface area (Å²) in [6.45, 7) is 7.20. The molecule has 1 aliphatic heterocycles. The van der Waals surface area contributed by atoms with Gasteiger partial charge in [0, 0.05) is 24.2 Å². The third-order valence-corrected chi connectivity index (χ3v) is 6.46. The number of carbonyl (C=O) groups is 1. The molecule has 0 saturated heterocycles. The summed E-state index contributed by atoms with van der Waals surface area (Å²) in [7, 11) is 0. The molecule has 1 aromatic carbocycles. The van der Waals surface area contributed by atoms with Gasteiger partial charge in [-0.1, -0.05) is 48.1 Å². The lowest BCUT2D eigenvalue weighted by Gasteiger charge is -2.25. The van der Waals surface area contributed by atoms with Crippen LogP contribution in [0.4, 0.5) is 5.82 Å². The van der Waals surface area contributed by atoms with Gasteiger partial charge in [0.2, 0.25) is 5.28 Å². The first kappa shape index (κ1) is 24.5. The van der Waals surface area contributed by atoms with Crippen LogP contribution >= 0.6 is 11.6 Å². The zero-order chi connectivity index (χ0) is 24.1. The number of hydrogen-bond donors (Lipinski definition) is 0. The Morgan fingerprint density at radius 1 is 1.06 bits per heavy atom. The summed E-state index contributed by atoms with van der Waals surface area (Å²) in [5.41, 5.74) is 5.31. The van der Waals surface area contributed by atoms with Crippen molar-refractivity contribution in [1.82, 2.24) is 9.97 Å². The van der Waals surface area contributed by atoms with Crippen LogP contribution in [-0.4, -0.2) is 34.6 Å². The number of anilines is 1. The van der Waals surface area contributed by atoms with E-state index in [0.717, 1.165) is 62.2 Å². The van der Waals surface area contributed by atoms with Gasteiger partial charge in [0.15, 0.2) is 0 Å². The SMILES string of the molecule is CC(C)(C)OC(=O)C1=CCCN(c2nc(Cl)nc3c2CC/C(=C\Cc2ccccc2)CC3)CC1. The number of allylic oxidation sites excluding steroid dienone is 2. The van der Waals surface area contributed by atoms with E-state index in [1.165, 1.54) is 16.7 Å². The molecule has 0 atom stereocenters. The van der Waals surface area contributed by atoms with Crippen molar-refractivity contribution in [3.63, 3.8) is 0 Å². The number of ether oxygens (including phenoxy) is 1. The Bertz CT molecular complexity index is 1090. The zero-order valence-electron chi connectivity index (χ0n) is 20.4. The average Bonchev–Trinajstić information content (AvgIpc) is 3.16. The molecule has 0 amide bonds. The van der Waals surface area contributed by atoms with Crippen molar-refractivity contribution < 1.29 is 9.53 Å². The quantitative estimate of drug-likeness (QED) is 0.231. The van der Waals surface area contributed by atoms with Crippen LogP contribution in [0.25, 0.3) is 0 Å². The lowest BCUT2D eigenvalue weighted by molar-refractivity contribution is -0.150. The minimum atomic E-state index is -0.493. The van der Waals surface area contributed by atoms with Crippen LogP contribution in [0.5, 0.6) is 0 Å². The summed E-state index contributed by atoms with van der Waals surface area (Å²) in [4.78, 5) is 24.1. The van der Waals surface area contributed by atoms with Crippen LogP contribution < -0.4 is 4.90 Å². The Labute approximate surface area is 207 Å². The van der Waals surface area contributed by atoms with Crippen molar-refractivity contribution in [3.8, 4) is 0 Å². The van der Waals surface area contributed by atoms with Crippen LogP contribution in [0.2, 0.25) is 5.28 Å². The molecule has 1 aromatic heterocycles. The minimum Gasteiger partial charge on any atom is -0.457 e. The summed E-state index contributed by atoms with van der Waals surface area (Å²) >= 11 is 6.37. The number of esters is 1. The highest BCUT2D eigenvalue weighted by atomic mass is 35.5. The number of benzene rings is 1. The maximum atomic E-state index is 12.6. The molecule has 1 aliphatic carbocycles. The molecule has 6 heteroatoms. The Kier molecular flexibility index (Phi) is 7.72. The van der Waals surface area contributed by atoms with Crippen molar-refractivity contribution in [2.45, 2.75) is 71.3 Å². The number of aryl methyl sites for hydroxylation is 1. The molecule has 0 N–H and O–H groups in total. The second-order valence-corrected chi connectivity index (χ2v) is 10.4. The fourth-order valence-electron chi connectivity index (χ4n) is 4.59. The van der Waals surface area contributed by atoms with Crippen LogP contribution in [0, 0.1) is 0 Å². The molecule has 34 heavy (non-hydrogen) atoms. The predicted octanol–water partition coefficient (Wildman–Crippen LogP) is 6.05. The van der Waals surface area contributed by atoms with Crippen LogP contribution in [-0.2, 0) is 28.8 Å². The number of rotatable bonds is 4. The number of carbonyl (C=O) groups excluding carboxylic acids is 1. The van der Waals surface area contributed by atoms with Gasteiger partial charge in [0.05, 0.1) is 5.69 Å². The van der Waals surface area contributed by atoms with Crippen LogP contribution in [0.1, 0.15) is 63.3 Å². The fraction of sp³-hybridized carbons (Fsp3) is 0.464. The van der Waals surface area contributed by atoms with E-state index in [4.69, 9.17) is 16.3 Å². The molecule has 180 valence electrons. The van der Waals surface area contributed by atoms with Gasteiger partial charge in [-0.2, -0.15) is 0 Å². The van der Waals surface area contributed by atoms with Gasteiger partial charge in [-0.3, -0.25) is 0 Å². The highest BCUT2D eigenvalue weighted by Crippen LogP contribution is 2.32. The summed E-state index contributed by atoms with van der Waals surface area (Å²) in [6, 6.07) is 10.6. The van der Waals surface area contributed by atoms with Gasteiger partial charge < -0.3 is 9.64 Å². The normalized spacial score (nSPS) is 18.1. The van der Waals surface area contributed by atoms with E-state index in [9.17, 15) is 4.79 Å². The smallest absolute Gasteiger partial charge is 0.334 e. The molecule has 0 radical (unpaired) electrons. The van der Waals surface area contributed by atoms with E-state index >= 15 is 0 Å². The highest BCUT2D eigenvalue weighted by molar-refractivity contribution is 6.28. The Balaban J connectivity index is 1.47. The first-order valence-corrected chi connectivity index (χ1v) is 12.6. The van der Waals surface area contributed by atoms with Crippen molar-refractivity contribution in [2.75, 3.05) is 18.0 Å². The predicted molar refractivity (Wildman–Crippen MR) is 137 cm³/mol. The van der Waals surface area contributed by atoms with Crippen LogP contribution in [0.3, 0.4) is 0 Å². The zero-order valence-corrected chi connectivity index (χ0v) is 21.2. The third kappa shape index (κ3) is 6.47. The Morgan fingerprint density at radius 2 is 1.82 bits per heavy atom.